The van der Waals surface area contributed by atoms with Gasteiger partial charge in [0.05, 0.1) is 11.6 Å². The van der Waals surface area contributed by atoms with E-state index in [4.69, 9.17) is 16.3 Å². The van der Waals surface area contributed by atoms with Crippen LogP contribution < -0.4 is 9.64 Å². The Kier molecular flexibility index (Phi) is 6.05. The van der Waals surface area contributed by atoms with Crippen LogP contribution in [0.15, 0.2) is 91.2 Å². The maximum absolute atomic E-state index is 13.1. The van der Waals surface area contributed by atoms with Crippen molar-refractivity contribution in [3.8, 4) is 5.75 Å². The summed E-state index contributed by atoms with van der Waals surface area (Å²) in [6.07, 6.45) is 3.16. The van der Waals surface area contributed by atoms with Crippen LogP contribution in [0.25, 0.3) is 5.76 Å². The van der Waals surface area contributed by atoms with Gasteiger partial charge in [-0.15, -0.1) is 0 Å². The number of nitrogens with zero attached hydrogens (tertiary/aromatic N) is 2. The molecule has 7 heteroatoms. The summed E-state index contributed by atoms with van der Waals surface area (Å²) in [7, 11) is 0. The fourth-order valence-corrected chi connectivity index (χ4v) is 3.78. The van der Waals surface area contributed by atoms with E-state index in [1.165, 1.54) is 11.1 Å². The molecule has 0 aliphatic carbocycles. The van der Waals surface area contributed by atoms with Gasteiger partial charge in [-0.2, -0.15) is 0 Å². The number of amides is 1. The molecule has 1 N–H and O–H groups in total. The molecule has 2 heterocycles. The molecule has 32 heavy (non-hydrogen) atoms. The molecule has 1 amide bonds. The number of rotatable bonds is 6. The first-order valence-electron chi connectivity index (χ1n) is 9.83. The molecule has 1 unspecified atom stereocenters. The highest BCUT2D eigenvalue weighted by Crippen LogP contribution is 2.42. The van der Waals surface area contributed by atoms with Crippen LogP contribution in [-0.2, 0) is 9.59 Å². The number of ketones is 1. The number of ether oxygens (including phenoxy) is 1. The summed E-state index contributed by atoms with van der Waals surface area (Å²) in [4.78, 5) is 31.6. The number of aromatic nitrogens is 1. The third-order valence-corrected chi connectivity index (χ3v) is 5.24. The largest absolute Gasteiger partial charge is 0.507 e. The van der Waals surface area contributed by atoms with Crippen molar-refractivity contribution in [2.45, 2.75) is 6.04 Å². The quantitative estimate of drug-likeness (QED) is 0.251. The van der Waals surface area contributed by atoms with Crippen LogP contribution >= 0.6 is 11.6 Å². The van der Waals surface area contributed by atoms with E-state index in [9.17, 15) is 14.7 Å². The van der Waals surface area contributed by atoms with Gasteiger partial charge in [0.25, 0.3) is 5.78 Å². The number of anilines is 1. The highest BCUT2D eigenvalue weighted by Gasteiger charge is 2.47. The van der Waals surface area contributed by atoms with Crippen LogP contribution in [0, 0.1) is 0 Å². The van der Waals surface area contributed by atoms with Gasteiger partial charge >= 0.3 is 5.91 Å². The van der Waals surface area contributed by atoms with Gasteiger partial charge in [0.15, 0.2) is 0 Å². The van der Waals surface area contributed by atoms with Crippen LogP contribution in [-0.4, -0.2) is 28.4 Å². The first-order valence-corrected chi connectivity index (χ1v) is 10.2. The van der Waals surface area contributed by atoms with Crippen LogP contribution in [0.2, 0.25) is 5.02 Å². The van der Waals surface area contributed by atoms with E-state index in [1.54, 1.807) is 72.8 Å². The molecule has 1 aliphatic heterocycles. The summed E-state index contributed by atoms with van der Waals surface area (Å²) in [6.45, 7) is 3.95. The van der Waals surface area contributed by atoms with Gasteiger partial charge in [-0.05, 0) is 54.1 Å². The monoisotopic (exact) mass is 446 g/mol. The van der Waals surface area contributed by atoms with Crippen LogP contribution in [0.1, 0.15) is 17.2 Å². The summed E-state index contributed by atoms with van der Waals surface area (Å²) in [5.74, 6) is -0.984. The number of aliphatic hydroxyl groups excluding tert-OH is 1. The van der Waals surface area contributed by atoms with Crippen molar-refractivity contribution in [2.24, 2.45) is 0 Å². The molecule has 2 aromatic carbocycles. The lowest BCUT2D eigenvalue weighted by molar-refractivity contribution is -0.132. The number of benzene rings is 2. The Balaban J connectivity index is 1.85. The zero-order valence-corrected chi connectivity index (χ0v) is 17.7. The van der Waals surface area contributed by atoms with E-state index in [1.807, 2.05) is 0 Å². The van der Waals surface area contributed by atoms with Crippen molar-refractivity contribution in [2.75, 3.05) is 11.5 Å². The summed E-state index contributed by atoms with van der Waals surface area (Å²) < 4.78 is 5.46. The van der Waals surface area contributed by atoms with Gasteiger partial charge in [0.1, 0.15) is 23.9 Å². The van der Waals surface area contributed by atoms with E-state index in [0.717, 1.165) is 0 Å². The van der Waals surface area contributed by atoms with Crippen LogP contribution in [0.4, 0.5) is 5.82 Å². The second kappa shape index (κ2) is 9.08. The molecule has 0 bridgehead atoms. The highest BCUT2D eigenvalue weighted by molar-refractivity contribution is 6.51. The Labute approximate surface area is 190 Å². The maximum Gasteiger partial charge on any atom is 0.301 e. The zero-order chi connectivity index (χ0) is 22.7. The second-order valence-electron chi connectivity index (χ2n) is 7.04. The SMILES string of the molecule is C=CCOc1ccc(C(O)=C2C(=O)C(=O)N(c3ccccn3)C2c2cccc(Cl)c2)cc1. The Morgan fingerprint density at radius 1 is 1.12 bits per heavy atom. The Morgan fingerprint density at radius 2 is 1.91 bits per heavy atom. The van der Waals surface area contributed by atoms with Crippen molar-refractivity contribution in [1.82, 2.24) is 4.98 Å². The Hall–Kier alpha value is -3.90. The van der Waals surface area contributed by atoms with E-state index < -0.39 is 17.7 Å². The number of aliphatic hydroxyl groups is 1. The lowest BCUT2D eigenvalue weighted by atomic mass is 9.95. The predicted molar refractivity (Wildman–Crippen MR) is 123 cm³/mol. The van der Waals surface area contributed by atoms with E-state index in [0.29, 0.717) is 34.3 Å². The molecule has 160 valence electrons. The van der Waals surface area contributed by atoms with Gasteiger partial charge < -0.3 is 9.84 Å². The van der Waals surface area contributed by atoms with Crippen molar-refractivity contribution >= 4 is 34.9 Å². The van der Waals surface area contributed by atoms with Crippen molar-refractivity contribution < 1.29 is 19.4 Å². The molecule has 1 atom stereocenters. The highest BCUT2D eigenvalue weighted by atomic mass is 35.5. The lowest BCUT2D eigenvalue weighted by Crippen LogP contribution is -2.30. The van der Waals surface area contributed by atoms with Gasteiger partial charge in [-0.3, -0.25) is 14.5 Å². The molecule has 0 radical (unpaired) electrons. The maximum atomic E-state index is 13.1. The Morgan fingerprint density at radius 3 is 2.56 bits per heavy atom. The lowest BCUT2D eigenvalue weighted by Gasteiger charge is -2.24. The molecule has 4 rings (SSSR count). The minimum Gasteiger partial charge on any atom is -0.507 e. The summed E-state index contributed by atoms with van der Waals surface area (Å²) in [5, 5.41) is 11.6. The smallest absolute Gasteiger partial charge is 0.301 e. The number of carbonyl (C=O) groups is 2. The fraction of sp³-hybridized carbons (Fsp3) is 0.0800. The second-order valence-corrected chi connectivity index (χ2v) is 7.47. The van der Waals surface area contributed by atoms with Gasteiger partial charge in [0, 0.05) is 16.8 Å². The number of halogens is 1. The summed E-state index contributed by atoms with van der Waals surface area (Å²) >= 11 is 6.19. The molecular weight excluding hydrogens is 428 g/mol. The van der Waals surface area contributed by atoms with E-state index >= 15 is 0 Å². The predicted octanol–water partition coefficient (Wildman–Crippen LogP) is 4.93. The minimum atomic E-state index is -0.889. The number of Topliss-reactive ketones (excluding diaryl/α,β-unsaturated/α-hetero) is 1. The third-order valence-electron chi connectivity index (χ3n) is 5.00. The first kappa shape index (κ1) is 21.3. The van der Waals surface area contributed by atoms with Crippen LogP contribution in [0.3, 0.4) is 0 Å². The Bertz CT molecular complexity index is 1210. The molecule has 0 saturated carbocycles. The van der Waals surface area contributed by atoms with Gasteiger partial charge in [0.2, 0.25) is 0 Å². The number of hydrogen-bond donors (Lipinski definition) is 1. The first-order chi connectivity index (χ1) is 15.5. The van der Waals surface area contributed by atoms with E-state index in [2.05, 4.69) is 11.6 Å². The molecule has 1 fully saturated rings. The normalized spacial score (nSPS) is 17.4. The molecule has 6 nitrogen and oxygen atoms in total. The van der Waals surface area contributed by atoms with E-state index in [-0.39, 0.29) is 11.3 Å². The summed E-state index contributed by atoms with van der Waals surface area (Å²) in [5.41, 5.74) is 0.916. The molecule has 3 aromatic rings. The van der Waals surface area contributed by atoms with Gasteiger partial charge in [-0.25, -0.2) is 4.98 Å². The minimum absolute atomic E-state index is 0.0392. The number of hydrogen-bond acceptors (Lipinski definition) is 5. The van der Waals surface area contributed by atoms with Crippen molar-refractivity contribution in [1.29, 1.82) is 0 Å². The number of pyridine rings is 1. The van der Waals surface area contributed by atoms with Crippen LogP contribution in [0.5, 0.6) is 5.75 Å². The fourth-order valence-electron chi connectivity index (χ4n) is 3.58. The molecular formula is C25H19ClN2O4. The summed E-state index contributed by atoms with van der Waals surface area (Å²) in [6, 6.07) is 17.6. The topological polar surface area (TPSA) is 79.7 Å². The number of carbonyl (C=O) groups excluding carboxylic acids is 2. The van der Waals surface area contributed by atoms with Crippen molar-refractivity contribution in [3.63, 3.8) is 0 Å². The third kappa shape index (κ3) is 4.00. The van der Waals surface area contributed by atoms with Gasteiger partial charge in [-0.1, -0.05) is 42.5 Å². The molecule has 1 saturated heterocycles. The molecule has 1 aromatic heterocycles. The average Bonchev–Trinajstić information content (AvgIpc) is 3.08. The van der Waals surface area contributed by atoms with Crippen molar-refractivity contribution in [3.05, 3.63) is 107 Å². The molecule has 0 spiro atoms. The average molecular weight is 447 g/mol. The zero-order valence-electron chi connectivity index (χ0n) is 16.9. The molecule has 1 aliphatic rings. The standard InChI is InChI=1S/C25H19ClN2O4/c1-2-14-32-19-11-9-16(10-12-19)23(29)21-22(17-6-5-7-18(26)15-17)28(25(31)24(21)30)20-8-3-4-13-27-20/h2-13,15,22,29H,1,14H2.